The third kappa shape index (κ3) is 5.19. The highest BCUT2D eigenvalue weighted by Gasteiger charge is 2.26. The van der Waals surface area contributed by atoms with E-state index in [1.807, 2.05) is 6.07 Å². The van der Waals surface area contributed by atoms with Gasteiger partial charge in [-0.2, -0.15) is 0 Å². The zero-order valence-electron chi connectivity index (χ0n) is 13.5. The topological polar surface area (TPSA) is 81.4 Å². The fourth-order valence-electron chi connectivity index (χ4n) is 2.40. The Bertz CT molecular complexity index is 753. The second-order valence-electron chi connectivity index (χ2n) is 5.43. The molecule has 0 radical (unpaired) electrons. The lowest BCUT2D eigenvalue weighted by Crippen LogP contribution is -2.47. The Balaban J connectivity index is 2.15. The van der Waals surface area contributed by atoms with Crippen LogP contribution in [0.25, 0.3) is 0 Å². The highest BCUT2D eigenvalue weighted by molar-refractivity contribution is 6.35. The molecule has 25 heavy (non-hydrogen) atoms. The normalized spacial score (nSPS) is 13.1. The van der Waals surface area contributed by atoms with E-state index < -0.39 is 24.0 Å². The van der Waals surface area contributed by atoms with E-state index in [9.17, 15) is 9.59 Å². The predicted molar refractivity (Wildman–Crippen MR) is 97.5 cm³/mol. The molecule has 0 saturated heterocycles. The molecule has 0 aliphatic carbocycles. The molecular weight excluding hydrogens is 363 g/mol. The van der Waals surface area contributed by atoms with Crippen LogP contribution in [0.4, 0.5) is 0 Å². The third-order valence-corrected chi connectivity index (χ3v) is 4.26. The number of nitrogens with one attached hydrogen (secondary N) is 1. The molecule has 7 heteroatoms. The van der Waals surface area contributed by atoms with E-state index in [1.165, 1.54) is 7.11 Å². The van der Waals surface area contributed by atoms with Gasteiger partial charge in [0.15, 0.2) is 6.10 Å². The van der Waals surface area contributed by atoms with Crippen LogP contribution >= 0.6 is 23.2 Å². The Morgan fingerprint density at radius 2 is 1.84 bits per heavy atom. The second kappa shape index (κ2) is 8.85. The predicted octanol–water partition coefficient (Wildman–Crippen LogP) is 2.89. The summed E-state index contributed by atoms with van der Waals surface area (Å²) >= 11 is 12.0. The van der Waals surface area contributed by atoms with Crippen molar-refractivity contribution in [1.29, 1.82) is 0 Å². The van der Waals surface area contributed by atoms with Crippen LogP contribution in [0.5, 0.6) is 0 Å². The molecule has 2 rings (SSSR count). The molecule has 2 aromatic rings. The maximum atomic E-state index is 12.5. The maximum absolute atomic E-state index is 12.5. The quantitative estimate of drug-likeness (QED) is 0.774. The molecular formula is C18H18Cl2N2O3. The lowest BCUT2D eigenvalue weighted by atomic mass is 10.0. The second-order valence-corrected chi connectivity index (χ2v) is 6.27. The largest absolute Gasteiger partial charge is 0.368 e. The Hall–Kier alpha value is -2.08. The van der Waals surface area contributed by atoms with E-state index >= 15 is 0 Å². The number of carbonyl (C=O) groups excluding carboxylic acids is 2. The van der Waals surface area contributed by atoms with Gasteiger partial charge in [-0.25, -0.2) is 0 Å². The summed E-state index contributed by atoms with van der Waals surface area (Å²) in [5, 5.41) is 3.51. The first-order valence-corrected chi connectivity index (χ1v) is 8.29. The molecule has 2 aromatic carbocycles. The molecule has 0 aromatic heterocycles. The summed E-state index contributed by atoms with van der Waals surface area (Å²) in [6, 6.07) is 13.0. The number of benzene rings is 2. The van der Waals surface area contributed by atoms with Crippen LogP contribution in [0.2, 0.25) is 10.0 Å². The molecule has 0 saturated carbocycles. The molecule has 0 heterocycles. The molecule has 0 bridgehead atoms. The molecule has 0 spiro atoms. The lowest BCUT2D eigenvalue weighted by molar-refractivity contribution is -0.134. The van der Waals surface area contributed by atoms with Gasteiger partial charge >= 0.3 is 0 Å². The first-order valence-electron chi connectivity index (χ1n) is 7.53. The Labute approximate surface area is 156 Å². The van der Waals surface area contributed by atoms with Crippen LogP contribution in [0.1, 0.15) is 17.2 Å². The van der Waals surface area contributed by atoms with E-state index in [4.69, 9.17) is 33.7 Å². The highest BCUT2D eigenvalue weighted by Crippen LogP contribution is 2.22. The fourth-order valence-corrected chi connectivity index (χ4v) is 2.89. The monoisotopic (exact) mass is 380 g/mol. The summed E-state index contributed by atoms with van der Waals surface area (Å²) in [5.41, 5.74) is 6.76. The first-order chi connectivity index (χ1) is 11.9. The number of ether oxygens (including phenoxy) is 1. The van der Waals surface area contributed by atoms with Crippen molar-refractivity contribution in [2.24, 2.45) is 5.73 Å². The van der Waals surface area contributed by atoms with Crippen molar-refractivity contribution >= 4 is 35.0 Å². The van der Waals surface area contributed by atoms with E-state index in [-0.39, 0.29) is 6.42 Å². The van der Waals surface area contributed by atoms with Gasteiger partial charge in [-0.1, -0.05) is 59.6 Å². The van der Waals surface area contributed by atoms with Crippen LogP contribution in [0.3, 0.4) is 0 Å². The van der Waals surface area contributed by atoms with Gasteiger partial charge in [0.05, 0.1) is 0 Å². The van der Waals surface area contributed by atoms with Crippen molar-refractivity contribution in [2.75, 3.05) is 7.11 Å². The van der Waals surface area contributed by atoms with E-state index in [0.29, 0.717) is 21.2 Å². The van der Waals surface area contributed by atoms with Crippen molar-refractivity contribution in [3.8, 4) is 0 Å². The van der Waals surface area contributed by atoms with Gasteiger partial charge in [0.2, 0.25) is 5.91 Å². The molecule has 0 fully saturated rings. The number of methoxy groups -OCH3 is 1. The zero-order valence-corrected chi connectivity index (χ0v) is 15.1. The molecule has 0 unspecified atom stereocenters. The number of nitrogens with two attached hydrogens (primary N) is 1. The highest BCUT2D eigenvalue weighted by atomic mass is 35.5. The van der Waals surface area contributed by atoms with Gasteiger partial charge in [-0.3, -0.25) is 9.59 Å². The zero-order chi connectivity index (χ0) is 18.4. The van der Waals surface area contributed by atoms with Crippen LogP contribution in [-0.2, 0) is 20.7 Å². The van der Waals surface area contributed by atoms with Gasteiger partial charge in [-0.15, -0.1) is 0 Å². The minimum Gasteiger partial charge on any atom is -0.368 e. The molecule has 0 aliphatic rings. The number of primary amides is 1. The standard InChI is InChI=1S/C18H18Cl2N2O3/c1-25-16(11-5-3-2-4-6-11)18(24)22-15(17(21)23)9-12-7-8-13(19)10-14(12)20/h2-8,10,15-16H,9H2,1H3,(H2,21,23)(H,22,24)/t15-,16+/m1/s1. The summed E-state index contributed by atoms with van der Waals surface area (Å²) in [7, 11) is 1.42. The fraction of sp³-hybridized carbons (Fsp3) is 0.222. The summed E-state index contributed by atoms with van der Waals surface area (Å²) in [6.45, 7) is 0. The summed E-state index contributed by atoms with van der Waals surface area (Å²) in [4.78, 5) is 24.3. The van der Waals surface area contributed by atoms with Gasteiger partial charge in [0, 0.05) is 23.6 Å². The number of carbonyl (C=O) groups is 2. The van der Waals surface area contributed by atoms with Crippen molar-refractivity contribution in [3.63, 3.8) is 0 Å². The van der Waals surface area contributed by atoms with Crippen LogP contribution in [0.15, 0.2) is 48.5 Å². The average Bonchev–Trinajstić information content (AvgIpc) is 2.58. The number of amides is 2. The number of hydrogen-bond donors (Lipinski definition) is 2. The number of hydrogen-bond acceptors (Lipinski definition) is 3. The maximum Gasteiger partial charge on any atom is 0.254 e. The molecule has 132 valence electrons. The third-order valence-electron chi connectivity index (χ3n) is 3.68. The van der Waals surface area contributed by atoms with Crippen molar-refractivity contribution in [1.82, 2.24) is 5.32 Å². The molecule has 5 nitrogen and oxygen atoms in total. The molecule has 2 atom stereocenters. The minimum absolute atomic E-state index is 0.155. The Morgan fingerprint density at radius 1 is 1.16 bits per heavy atom. The lowest BCUT2D eigenvalue weighted by Gasteiger charge is -2.21. The number of rotatable bonds is 7. The summed E-state index contributed by atoms with van der Waals surface area (Å²) in [6.07, 6.45) is -0.689. The first kappa shape index (κ1) is 19.2. The van der Waals surface area contributed by atoms with E-state index in [1.54, 1.807) is 42.5 Å². The SMILES string of the molecule is CO[C@H](C(=O)N[C@H](Cc1ccc(Cl)cc1Cl)C(N)=O)c1ccccc1. The minimum atomic E-state index is -0.924. The van der Waals surface area contributed by atoms with Gasteiger partial charge in [0.1, 0.15) is 6.04 Å². The van der Waals surface area contributed by atoms with Crippen LogP contribution in [0, 0.1) is 0 Å². The summed E-state index contributed by atoms with van der Waals surface area (Å²) in [5.74, 6) is -1.12. The Kier molecular flexibility index (Phi) is 6.82. The van der Waals surface area contributed by atoms with Crippen LogP contribution < -0.4 is 11.1 Å². The van der Waals surface area contributed by atoms with E-state index in [0.717, 1.165) is 0 Å². The van der Waals surface area contributed by atoms with Crippen molar-refractivity contribution in [2.45, 2.75) is 18.6 Å². The number of halogens is 2. The molecule has 2 amide bonds. The molecule has 3 N–H and O–H groups in total. The van der Waals surface area contributed by atoms with Gasteiger partial charge in [0.25, 0.3) is 5.91 Å². The van der Waals surface area contributed by atoms with Gasteiger partial charge in [-0.05, 0) is 23.3 Å². The van der Waals surface area contributed by atoms with Gasteiger partial charge < -0.3 is 15.8 Å². The molecule has 0 aliphatic heterocycles. The smallest absolute Gasteiger partial charge is 0.254 e. The van der Waals surface area contributed by atoms with Crippen molar-refractivity contribution < 1.29 is 14.3 Å². The van der Waals surface area contributed by atoms with Crippen molar-refractivity contribution in [3.05, 3.63) is 69.7 Å². The van der Waals surface area contributed by atoms with Crippen LogP contribution in [-0.4, -0.2) is 25.0 Å². The Morgan fingerprint density at radius 3 is 2.40 bits per heavy atom. The average molecular weight is 381 g/mol. The summed E-state index contributed by atoms with van der Waals surface area (Å²) < 4.78 is 5.26. The van der Waals surface area contributed by atoms with E-state index in [2.05, 4.69) is 5.32 Å².